The average molecular weight is 381 g/mol. The first-order valence-electron chi connectivity index (χ1n) is 9.21. The second-order valence-electron chi connectivity index (χ2n) is 7.09. The SMILES string of the molecule is COc1cccc(C(O)=C2C(=O)C(=O)N(CC[NH+](C)C)[C@@H]2c2ccccc2)c1. The Morgan fingerprint density at radius 2 is 1.82 bits per heavy atom. The van der Waals surface area contributed by atoms with Gasteiger partial charge in [-0.25, -0.2) is 0 Å². The lowest BCUT2D eigenvalue weighted by Crippen LogP contribution is -3.06. The first kappa shape index (κ1) is 19.6. The lowest BCUT2D eigenvalue weighted by atomic mass is 9.95. The number of aliphatic hydroxyl groups excluding tert-OH is 1. The maximum Gasteiger partial charge on any atom is 0.295 e. The van der Waals surface area contributed by atoms with Crippen molar-refractivity contribution in [1.29, 1.82) is 0 Å². The number of benzene rings is 2. The van der Waals surface area contributed by atoms with Crippen LogP contribution in [0.25, 0.3) is 5.76 Å². The van der Waals surface area contributed by atoms with E-state index in [2.05, 4.69) is 0 Å². The molecule has 0 radical (unpaired) electrons. The Hall–Kier alpha value is -3.12. The maximum absolute atomic E-state index is 12.9. The van der Waals surface area contributed by atoms with Gasteiger partial charge in [-0.1, -0.05) is 42.5 Å². The molecule has 0 aromatic heterocycles. The highest BCUT2D eigenvalue weighted by Crippen LogP contribution is 2.39. The molecule has 1 atom stereocenters. The molecule has 1 aliphatic heterocycles. The fourth-order valence-electron chi connectivity index (χ4n) is 3.36. The fourth-order valence-corrected chi connectivity index (χ4v) is 3.36. The van der Waals surface area contributed by atoms with Gasteiger partial charge in [0, 0.05) is 5.56 Å². The van der Waals surface area contributed by atoms with E-state index < -0.39 is 17.7 Å². The van der Waals surface area contributed by atoms with E-state index in [9.17, 15) is 14.7 Å². The molecular formula is C22H25N2O4+. The van der Waals surface area contributed by atoms with Gasteiger partial charge in [-0.3, -0.25) is 9.59 Å². The zero-order chi connectivity index (χ0) is 20.3. The van der Waals surface area contributed by atoms with Crippen molar-refractivity contribution in [2.24, 2.45) is 0 Å². The van der Waals surface area contributed by atoms with Crippen LogP contribution in [-0.4, -0.2) is 56.0 Å². The molecule has 1 heterocycles. The molecule has 6 nitrogen and oxygen atoms in total. The van der Waals surface area contributed by atoms with Gasteiger partial charge >= 0.3 is 0 Å². The molecule has 2 aromatic carbocycles. The molecular weight excluding hydrogens is 356 g/mol. The van der Waals surface area contributed by atoms with Gasteiger partial charge in [0.25, 0.3) is 11.7 Å². The highest BCUT2D eigenvalue weighted by atomic mass is 16.5. The van der Waals surface area contributed by atoms with E-state index in [4.69, 9.17) is 4.74 Å². The summed E-state index contributed by atoms with van der Waals surface area (Å²) in [6.45, 7) is 1.11. The molecule has 0 aliphatic carbocycles. The zero-order valence-corrected chi connectivity index (χ0v) is 16.3. The number of likely N-dealkylation sites (N-methyl/N-ethyl adjacent to an activating group) is 1. The normalized spacial score (nSPS) is 18.7. The highest BCUT2D eigenvalue weighted by molar-refractivity contribution is 6.46. The Bertz CT molecular complexity index is 906. The van der Waals surface area contributed by atoms with Gasteiger partial charge in [0.1, 0.15) is 11.5 Å². The summed E-state index contributed by atoms with van der Waals surface area (Å²) in [6.07, 6.45) is 0. The van der Waals surface area contributed by atoms with Gasteiger partial charge in [-0.2, -0.15) is 0 Å². The second kappa shape index (κ2) is 8.27. The number of hydrogen-bond donors (Lipinski definition) is 2. The fraction of sp³-hybridized carbons (Fsp3) is 0.273. The quantitative estimate of drug-likeness (QED) is 0.449. The number of nitrogens with one attached hydrogen (secondary N) is 1. The van der Waals surface area contributed by atoms with E-state index in [1.807, 2.05) is 44.4 Å². The Morgan fingerprint density at radius 1 is 1.11 bits per heavy atom. The standard InChI is InChI=1S/C22H24N2O4/c1-23(2)12-13-24-19(15-8-5-4-6-9-15)18(21(26)22(24)27)20(25)16-10-7-11-17(14-16)28-3/h4-11,14,19,25H,12-13H2,1-3H3/p+1/t19-/m1/s1. The molecule has 1 fully saturated rings. The van der Waals surface area contributed by atoms with Crippen LogP contribution in [0, 0.1) is 0 Å². The summed E-state index contributed by atoms with van der Waals surface area (Å²) in [5.74, 6) is -0.876. The van der Waals surface area contributed by atoms with Crippen molar-refractivity contribution < 1.29 is 24.3 Å². The third-order valence-corrected chi connectivity index (χ3v) is 4.85. The first-order chi connectivity index (χ1) is 13.4. The molecule has 1 aliphatic rings. The Morgan fingerprint density at radius 3 is 2.46 bits per heavy atom. The van der Waals surface area contributed by atoms with Crippen molar-refractivity contribution >= 4 is 17.4 Å². The molecule has 0 unspecified atom stereocenters. The van der Waals surface area contributed by atoms with Crippen molar-refractivity contribution in [3.05, 3.63) is 71.3 Å². The van der Waals surface area contributed by atoms with Gasteiger partial charge < -0.3 is 19.6 Å². The molecule has 3 rings (SSSR count). The monoisotopic (exact) mass is 381 g/mol. The van der Waals surface area contributed by atoms with Crippen molar-refractivity contribution in [2.75, 3.05) is 34.3 Å². The van der Waals surface area contributed by atoms with E-state index in [0.29, 0.717) is 24.4 Å². The van der Waals surface area contributed by atoms with E-state index in [-0.39, 0.29) is 11.3 Å². The van der Waals surface area contributed by atoms with E-state index in [1.54, 1.807) is 29.2 Å². The summed E-state index contributed by atoms with van der Waals surface area (Å²) >= 11 is 0. The largest absolute Gasteiger partial charge is 0.507 e. The van der Waals surface area contributed by atoms with Crippen LogP contribution in [-0.2, 0) is 9.59 Å². The molecule has 146 valence electrons. The number of ether oxygens (including phenoxy) is 1. The predicted octanol–water partition coefficient (Wildman–Crippen LogP) is 1.26. The van der Waals surface area contributed by atoms with Crippen LogP contribution in [0.4, 0.5) is 0 Å². The van der Waals surface area contributed by atoms with Gasteiger partial charge in [0.2, 0.25) is 0 Å². The number of nitrogens with zero attached hydrogens (tertiary/aromatic N) is 1. The molecule has 2 N–H and O–H groups in total. The van der Waals surface area contributed by atoms with Crippen LogP contribution in [0.1, 0.15) is 17.2 Å². The third-order valence-electron chi connectivity index (χ3n) is 4.85. The average Bonchev–Trinajstić information content (AvgIpc) is 2.97. The summed E-state index contributed by atoms with van der Waals surface area (Å²) in [5, 5.41) is 11.0. The van der Waals surface area contributed by atoms with Gasteiger partial charge in [-0.15, -0.1) is 0 Å². The number of likely N-dealkylation sites (tertiary alicyclic amines) is 1. The number of carbonyl (C=O) groups is 2. The maximum atomic E-state index is 12.9. The molecule has 0 bridgehead atoms. The summed E-state index contributed by atoms with van der Waals surface area (Å²) in [6, 6.07) is 15.5. The first-order valence-corrected chi connectivity index (χ1v) is 9.21. The summed E-state index contributed by atoms with van der Waals surface area (Å²) in [5.41, 5.74) is 1.34. The number of aliphatic hydroxyl groups is 1. The van der Waals surface area contributed by atoms with Crippen LogP contribution < -0.4 is 9.64 Å². The zero-order valence-electron chi connectivity index (χ0n) is 16.3. The number of Topliss-reactive ketones (excluding diaryl/α,β-unsaturated/α-hetero) is 1. The lowest BCUT2D eigenvalue weighted by molar-refractivity contribution is -0.857. The van der Waals surface area contributed by atoms with Crippen molar-refractivity contribution in [3.8, 4) is 5.75 Å². The smallest absolute Gasteiger partial charge is 0.295 e. The van der Waals surface area contributed by atoms with Crippen molar-refractivity contribution in [3.63, 3.8) is 0 Å². The topological polar surface area (TPSA) is 71.3 Å². The van der Waals surface area contributed by atoms with E-state index in [1.165, 1.54) is 12.0 Å². The molecule has 2 aromatic rings. The van der Waals surface area contributed by atoms with Crippen LogP contribution >= 0.6 is 0 Å². The molecule has 6 heteroatoms. The number of rotatable bonds is 6. The lowest BCUT2D eigenvalue weighted by Gasteiger charge is -2.25. The molecule has 0 spiro atoms. The third kappa shape index (κ3) is 3.77. The second-order valence-corrected chi connectivity index (χ2v) is 7.09. The Balaban J connectivity index is 2.13. The van der Waals surface area contributed by atoms with E-state index >= 15 is 0 Å². The summed E-state index contributed by atoms with van der Waals surface area (Å²) < 4.78 is 5.21. The molecule has 0 saturated carbocycles. The minimum atomic E-state index is -0.664. The van der Waals surface area contributed by atoms with Crippen LogP contribution in [0.3, 0.4) is 0 Å². The number of hydrogen-bond acceptors (Lipinski definition) is 4. The van der Waals surface area contributed by atoms with Crippen molar-refractivity contribution in [2.45, 2.75) is 6.04 Å². The van der Waals surface area contributed by atoms with Gasteiger partial charge in [0.05, 0.1) is 45.9 Å². The number of carbonyl (C=O) groups excluding carboxylic acids is 2. The Kier molecular flexibility index (Phi) is 5.80. The Labute approximate surface area is 164 Å². The molecule has 1 saturated heterocycles. The summed E-state index contributed by atoms with van der Waals surface area (Å²) in [4.78, 5) is 28.4. The molecule has 28 heavy (non-hydrogen) atoms. The predicted molar refractivity (Wildman–Crippen MR) is 106 cm³/mol. The number of quaternary nitrogens is 1. The van der Waals surface area contributed by atoms with Crippen LogP contribution in [0.15, 0.2) is 60.2 Å². The van der Waals surface area contributed by atoms with Crippen molar-refractivity contribution in [1.82, 2.24) is 4.90 Å². The van der Waals surface area contributed by atoms with Gasteiger partial charge in [0.15, 0.2) is 0 Å². The van der Waals surface area contributed by atoms with Crippen LogP contribution in [0.2, 0.25) is 0 Å². The molecule has 1 amide bonds. The number of amides is 1. The summed E-state index contributed by atoms with van der Waals surface area (Å²) in [7, 11) is 5.51. The minimum Gasteiger partial charge on any atom is -0.507 e. The van der Waals surface area contributed by atoms with Gasteiger partial charge in [-0.05, 0) is 17.7 Å². The minimum absolute atomic E-state index is 0.109. The highest BCUT2D eigenvalue weighted by Gasteiger charge is 2.46. The number of ketones is 1. The number of methoxy groups -OCH3 is 1. The van der Waals surface area contributed by atoms with Crippen LogP contribution in [0.5, 0.6) is 5.75 Å². The van der Waals surface area contributed by atoms with E-state index in [0.717, 1.165) is 5.56 Å².